The van der Waals surface area contributed by atoms with Crippen molar-refractivity contribution in [2.75, 3.05) is 6.61 Å². The van der Waals surface area contributed by atoms with Crippen LogP contribution in [0.4, 0.5) is 0 Å². The number of rotatable bonds is 4. The number of nitriles is 1. The molecule has 19 heavy (non-hydrogen) atoms. The van der Waals surface area contributed by atoms with Gasteiger partial charge in [0.15, 0.2) is 0 Å². The average molecular weight is 262 g/mol. The van der Waals surface area contributed by atoms with Crippen molar-refractivity contribution in [2.45, 2.75) is 57.5 Å². The third-order valence-corrected chi connectivity index (χ3v) is 5.77. The third kappa shape index (κ3) is 2.41. The third-order valence-electron chi connectivity index (χ3n) is 5.77. The van der Waals surface area contributed by atoms with Crippen LogP contribution in [0.1, 0.15) is 46.0 Å². The molecule has 0 aliphatic heterocycles. The summed E-state index contributed by atoms with van der Waals surface area (Å²) in [4.78, 5) is 0. The van der Waals surface area contributed by atoms with Crippen molar-refractivity contribution in [3.05, 3.63) is 0 Å². The van der Waals surface area contributed by atoms with Crippen LogP contribution in [0.2, 0.25) is 0 Å². The zero-order chi connectivity index (χ0) is 13.6. The highest BCUT2D eigenvalue weighted by Gasteiger charge is 2.51. The Balaban J connectivity index is 1.75. The molecule has 0 spiro atoms. The SMILES string of the molecule is CC(C)(CO)NC(C#N)C1C2CC3CC(C2)CC1C3. The molecule has 0 aromatic carbocycles. The van der Waals surface area contributed by atoms with E-state index in [0.29, 0.717) is 5.92 Å². The largest absolute Gasteiger partial charge is 0.394 e. The molecule has 1 unspecified atom stereocenters. The van der Waals surface area contributed by atoms with E-state index in [0.717, 1.165) is 23.7 Å². The van der Waals surface area contributed by atoms with Crippen molar-refractivity contribution in [3.8, 4) is 6.07 Å². The van der Waals surface area contributed by atoms with Gasteiger partial charge in [0, 0.05) is 5.54 Å². The van der Waals surface area contributed by atoms with E-state index in [1.807, 2.05) is 13.8 Å². The van der Waals surface area contributed by atoms with E-state index in [1.54, 1.807) is 0 Å². The van der Waals surface area contributed by atoms with Crippen molar-refractivity contribution in [1.82, 2.24) is 5.32 Å². The van der Waals surface area contributed by atoms with E-state index in [4.69, 9.17) is 0 Å². The maximum Gasteiger partial charge on any atom is 0.0991 e. The van der Waals surface area contributed by atoms with E-state index >= 15 is 0 Å². The highest BCUT2D eigenvalue weighted by molar-refractivity contribution is 5.08. The Morgan fingerprint density at radius 1 is 1.16 bits per heavy atom. The molecule has 3 nitrogen and oxygen atoms in total. The van der Waals surface area contributed by atoms with E-state index in [1.165, 1.54) is 32.1 Å². The average Bonchev–Trinajstić information content (AvgIpc) is 2.36. The number of aliphatic hydroxyl groups excluding tert-OH is 1. The fourth-order valence-corrected chi connectivity index (χ4v) is 5.19. The fourth-order valence-electron chi connectivity index (χ4n) is 5.19. The fraction of sp³-hybridized carbons (Fsp3) is 0.938. The van der Waals surface area contributed by atoms with E-state index < -0.39 is 0 Å². The summed E-state index contributed by atoms with van der Waals surface area (Å²) >= 11 is 0. The second kappa shape index (κ2) is 4.75. The van der Waals surface area contributed by atoms with Gasteiger partial charge in [-0.05, 0) is 75.5 Å². The lowest BCUT2D eigenvalue weighted by atomic mass is 9.50. The molecule has 4 saturated carbocycles. The van der Waals surface area contributed by atoms with Gasteiger partial charge in [0.1, 0.15) is 0 Å². The molecule has 0 heterocycles. The molecule has 106 valence electrons. The summed E-state index contributed by atoms with van der Waals surface area (Å²) in [6, 6.07) is 2.41. The lowest BCUT2D eigenvalue weighted by molar-refractivity contribution is -0.0484. The Morgan fingerprint density at radius 3 is 2.11 bits per heavy atom. The zero-order valence-corrected chi connectivity index (χ0v) is 12.1. The van der Waals surface area contributed by atoms with Crippen LogP contribution in [-0.2, 0) is 0 Å². The highest BCUT2D eigenvalue weighted by Crippen LogP contribution is 2.57. The first kappa shape index (κ1) is 13.4. The molecule has 4 rings (SSSR count). The first-order chi connectivity index (χ1) is 9.02. The monoisotopic (exact) mass is 262 g/mol. The summed E-state index contributed by atoms with van der Waals surface area (Å²) in [6.07, 6.45) is 6.83. The first-order valence-electron chi connectivity index (χ1n) is 7.80. The minimum atomic E-state index is -0.352. The van der Waals surface area contributed by atoms with Gasteiger partial charge in [-0.2, -0.15) is 5.26 Å². The predicted octanol–water partition coefficient (Wildman–Crippen LogP) is 2.31. The van der Waals surface area contributed by atoms with Crippen molar-refractivity contribution in [1.29, 1.82) is 5.26 Å². The van der Waals surface area contributed by atoms with Crippen LogP contribution in [0.5, 0.6) is 0 Å². The molecule has 0 amide bonds. The number of hydrogen-bond donors (Lipinski definition) is 2. The van der Waals surface area contributed by atoms with Gasteiger partial charge in [-0.15, -0.1) is 0 Å². The van der Waals surface area contributed by atoms with Crippen molar-refractivity contribution in [3.63, 3.8) is 0 Å². The van der Waals surface area contributed by atoms with Crippen LogP contribution in [0.25, 0.3) is 0 Å². The highest BCUT2D eigenvalue weighted by atomic mass is 16.3. The van der Waals surface area contributed by atoms with Crippen LogP contribution >= 0.6 is 0 Å². The maximum absolute atomic E-state index is 9.58. The smallest absolute Gasteiger partial charge is 0.0991 e. The minimum absolute atomic E-state index is 0.0818. The lowest BCUT2D eigenvalue weighted by Crippen LogP contribution is -2.57. The van der Waals surface area contributed by atoms with Crippen LogP contribution in [0.15, 0.2) is 0 Å². The van der Waals surface area contributed by atoms with Gasteiger partial charge in [0.05, 0.1) is 18.7 Å². The Hall–Kier alpha value is -0.590. The first-order valence-corrected chi connectivity index (χ1v) is 7.80. The Labute approximate surface area is 116 Å². The summed E-state index contributed by atoms with van der Waals surface area (Å²) in [7, 11) is 0. The van der Waals surface area contributed by atoms with Gasteiger partial charge in [-0.3, -0.25) is 5.32 Å². The number of nitrogens with one attached hydrogen (secondary N) is 1. The number of nitrogens with zero attached hydrogens (tertiary/aromatic N) is 1. The summed E-state index contributed by atoms with van der Waals surface area (Å²) in [5.74, 6) is 3.92. The number of hydrogen-bond acceptors (Lipinski definition) is 3. The summed E-state index contributed by atoms with van der Waals surface area (Å²) in [5.41, 5.74) is -0.352. The topological polar surface area (TPSA) is 56.0 Å². The quantitative estimate of drug-likeness (QED) is 0.817. The summed E-state index contributed by atoms with van der Waals surface area (Å²) in [5, 5.41) is 22.4. The Bertz CT molecular complexity index is 357. The van der Waals surface area contributed by atoms with Gasteiger partial charge in [0.25, 0.3) is 0 Å². The molecular weight excluding hydrogens is 236 g/mol. The van der Waals surface area contributed by atoms with Gasteiger partial charge in [0.2, 0.25) is 0 Å². The van der Waals surface area contributed by atoms with E-state index in [-0.39, 0.29) is 18.2 Å². The maximum atomic E-state index is 9.58. The van der Waals surface area contributed by atoms with Gasteiger partial charge >= 0.3 is 0 Å². The molecule has 4 fully saturated rings. The molecule has 0 aromatic heterocycles. The lowest BCUT2D eigenvalue weighted by Gasteiger charge is -2.56. The van der Waals surface area contributed by atoms with Crippen LogP contribution in [0.3, 0.4) is 0 Å². The second-order valence-corrected chi connectivity index (χ2v) is 7.80. The standard InChI is InChI=1S/C16H26N2O/c1-16(2,9-19)18-14(8-17)15-12-4-10-3-11(6-12)7-13(15)5-10/h10-15,18-19H,3-7,9H2,1-2H3. The van der Waals surface area contributed by atoms with Crippen molar-refractivity contribution in [2.24, 2.45) is 29.6 Å². The molecule has 4 aliphatic rings. The Morgan fingerprint density at radius 2 is 1.68 bits per heavy atom. The minimum Gasteiger partial charge on any atom is -0.394 e. The molecule has 4 aliphatic carbocycles. The molecule has 2 N–H and O–H groups in total. The molecule has 0 radical (unpaired) electrons. The van der Waals surface area contributed by atoms with Crippen LogP contribution < -0.4 is 5.32 Å². The summed E-state index contributed by atoms with van der Waals surface area (Å²) < 4.78 is 0. The molecule has 3 heteroatoms. The molecule has 1 atom stereocenters. The molecular formula is C16H26N2O. The van der Waals surface area contributed by atoms with Gasteiger partial charge in [-0.1, -0.05) is 0 Å². The van der Waals surface area contributed by atoms with E-state index in [9.17, 15) is 10.4 Å². The van der Waals surface area contributed by atoms with Crippen molar-refractivity contribution >= 4 is 0 Å². The molecule has 0 saturated heterocycles. The van der Waals surface area contributed by atoms with Gasteiger partial charge < -0.3 is 5.11 Å². The summed E-state index contributed by atoms with van der Waals surface area (Å²) in [6.45, 7) is 4.04. The molecule has 0 aromatic rings. The molecule has 4 bridgehead atoms. The predicted molar refractivity (Wildman–Crippen MR) is 74.2 cm³/mol. The normalized spacial score (nSPS) is 42.1. The van der Waals surface area contributed by atoms with E-state index in [2.05, 4.69) is 11.4 Å². The van der Waals surface area contributed by atoms with Gasteiger partial charge in [-0.25, -0.2) is 0 Å². The second-order valence-electron chi connectivity index (χ2n) is 7.80. The number of aliphatic hydroxyl groups is 1. The zero-order valence-electron chi connectivity index (χ0n) is 12.1. The Kier molecular flexibility index (Phi) is 3.35. The van der Waals surface area contributed by atoms with Crippen LogP contribution in [-0.4, -0.2) is 23.3 Å². The van der Waals surface area contributed by atoms with Crippen molar-refractivity contribution < 1.29 is 5.11 Å². The van der Waals surface area contributed by atoms with Crippen LogP contribution in [0, 0.1) is 40.9 Å².